The van der Waals surface area contributed by atoms with Crippen molar-refractivity contribution >= 4 is 5.97 Å². The number of benzene rings is 1. The maximum Gasteiger partial charge on any atom is 0.335 e. The fraction of sp³-hybridized carbons (Fsp3) is 0.353. The number of aryl methyl sites for hydroxylation is 1. The second kappa shape index (κ2) is 5.75. The molecular formula is C17H18N2O3. The van der Waals surface area contributed by atoms with Crippen molar-refractivity contribution in [3.8, 4) is 0 Å². The van der Waals surface area contributed by atoms with Gasteiger partial charge in [-0.2, -0.15) is 5.10 Å². The Bertz CT molecular complexity index is 762. The molecule has 1 aliphatic rings. The standard InChI is InChI=1S/C17H18N2O3/c1-11-2-7-15-14(8-11)9-16(20)19(18-15)10-12-3-5-13(6-4-12)17(21)22/h3-6,9,11H,2,7-8,10H2,1H3,(H,21,22)/t11-/m1/s1. The first-order valence-corrected chi connectivity index (χ1v) is 7.45. The second-order valence-electron chi connectivity index (χ2n) is 5.96. The fourth-order valence-corrected chi connectivity index (χ4v) is 2.85. The minimum absolute atomic E-state index is 0.102. The summed E-state index contributed by atoms with van der Waals surface area (Å²) in [6, 6.07) is 8.23. The van der Waals surface area contributed by atoms with E-state index in [2.05, 4.69) is 12.0 Å². The van der Waals surface area contributed by atoms with Crippen molar-refractivity contribution < 1.29 is 9.90 Å². The Morgan fingerprint density at radius 3 is 2.77 bits per heavy atom. The molecule has 1 heterocycles. The molecule has 0 spiro atoms. The number of fused-ring (bicyclic) bond motifs is 1. The van der Waals surface area contributed by atoms with Crippen LogP contribution in [0.5, 0.6) is 0 Å². The van der Waals surface area contributed by atoms with Gasteiger partial charge in [0.1, 0.15) is 0 Å². The summed E-state index contributed by atoms with van der Waals surface area (Å²) in [7, 11) is 0. The summed E-state index contributed by atoms with van der Waals surface area (Å²) in [6.07, 6.45) is 2.94. The summed E-state index contributed by atoms with van der Waals surface area (Å²) in [5.41, 5.74) is 3.09. The van der Waals surface area contributed by atoms with Gasteiger partial charge in [-0.05, 0) is 48.4 Å². The van der Waals surface area contributed by atoms with E-state index in [0.29, 0.717) is 12.5 Å². The largest absolute Gasteiger partial charge is 0.478 e. The van der Waals surface area contributed by atoms with Gasteiger partial charge < -0.3 is 5.11 Å². The summed E-state index contributed by atoms with van der Waals surface area (Å²) in [5.74, 6) is -0.349. The highest BCUT2D eigenvalue weighted by atomic mass is 16.4. The first-order valence-electron chi connectivity index (χ1n) is 7.45. The summed E-state index contributed by atoms with van der Waals surface area (Å²) in [5, 5.41) is 13.4. The van der Waals surface area contributed by atoms with E-state index in [1.807, 2.05) is 0 Å². The molecule has 0 unspecified atom stereocenters. The van der Waals surface area contributed by atoms with Gasteiger partial charge in [0.25, 0.3) is 5.56 Å². The molecule has 1 N–H and O–H groups in total. The van der Waals surface area contributed by atoms with Crippen LogP contribution in [0.25, 0.3) is 0 Å². The Labute approximate surface area is 128 Å². The third-order valence-corrected chi connectivity index (χ3v) is 4.14. The van der Waals surface area contributed by atoms with Crippen molar-refractivity contribution in [1.29, 1.82) is 0 Å². The van der Waals surface area contributed by atoms with Crippen molar-refractivity contribution in [3.05, 3.63) is 63.1 Å². The van der Waals surface area contributed by atoms with Crippen molar-refractivity contribution in [2.45, 2.75) is 32.7 Å². The van der Waals surface area contributed by atoms with Gasteiger partial charge in [-0.1, -0.05) is 19.1 Å². The minimum atomic E-state index is -0.954. The summed E-state index contributed by atoms with van der Waals surface area (Å²) in [6.45, 7) is 2.56. The number of hydrogen-bond acceptors (Lipinski definition) is 3. The lowest BCUT2D eigenvalue weighted by atomic mass is 9.88. The van der Waals surface area contributed by atoms with Crippen molar-refractivity contribution in [2.24, 2.45) is 5.92 Å². The van der Waals surface area contributed by atoms with E-state index < -0.39 is 5.97 Å². The molecule has 22 heavy (non-hydrogen) atoms. The third-order valence-electron chi connectivity index (χ3n) is 4.14. The molecule has 114 valence electrons. The highest BCUT2D eigenvalue weighted by Crippen LogP contribution is 2.22. The van der Waals surface area contributed by atoms with Crippen molar-refractivity contribution in [3.63, 3.8) is 0 Å². The van der Waals surface area contributed by atoms with Crippen LogP contribution < -0.4 is 5.56 Å². The van der Waals surface area contributed by atoms with Crippen molar-refractivity contribution in [2.75, 3.05) is 0 Å². The van der Waals surface area contributed by atoms with E-state index >= 15 is 0 Å². The summed E-state index contributed by atoms with van der Waals surface area (Å²) < 4.78 is 1.46. The maximum atomic E-state index is 12.2. The monoisotopic (exact) mass is 298 g/mol. The van der Waals surface area contributed by atoms with Gasteiger partial charge in [0.05, 0.1) is 17.8 Å². The number of aromatic carboxylic acids is 1. The van der Waals surface area contributed by atoms with E-state index in [0.717, 1.165) is 36.1 Å². The predicted molar refractivity (Wildman–Crippen MR) is 82.2 cm³/mol. The van der Waals surface area contributed by atoms with E-state index in [1.54, 1.807) is 30.3 Å². The van der Waals surface area contributed by atoms with Crippen LogP contribution in [0.1, 0.15) is 40.5 Å². The lowest BCUT2D eigenvalue weighted by Gasteiger charge is -2.21. The van der Waals surface area contributed by atoms with Gasteiger partial charge in [0, 0.05) is 6.07 Å². The molecule has 1 aromatic heterocycles. The number of rotatable bonds is 3. The van der Waals surface area contributed by atoms with Gasteiger partial charge in [-0.3, -0.25) is 4.79 Å². The summed E-state index contributed by atoms with van der Waals surface area (Å²) in [4.78, 5) is 23.0. The normalized spacial score (nSPS) is 17.0. The molecule has 1 aromatic carbocycles. The molecular weight excluding hydrogens is 280 g/mol. The van der Waals surface area contributed by atoms with Crippen LogP contribution in [0.3, 0.4) is 0 Å². The molecule has 2 aromatic rings. The number of aromatic nitrogens is 2. The predicted octanol–water partition coefficient (Wildman–Crippen LogP) is 2.11. The number of hydrogen-bond donors (Lipinski definition) is 1. The SMILES string of the molecule is C[C@@H]1CCc2nn(Cc3ccc(C(=O)O)cc3)c(=O)cc2C1. The van der Waals surface area contributed by atoms with Crippen LogP contribution in [0.15, 0.2) is 35.1 Å². The number of carboxylic acid groups (broad SMARTS) is 1. The van der Waals surface area contributed by atoms with Crippen LogP contribution in [-0.2, 0) is 19.4 Å². The summed E-state index contributed by atoms with van der Waals surface area (Å²) >= 11 is 0. The Hall–Kier alpha value is -2.43. The molecule has 5 nitrogen and oxygen atoms in total. The molecule has 5 heteroatoms. The van der Waals surface area contributed by atoms with Crippen LogP contribution in [0, 0.1) is 5.92 Å². The van der Waals surface area contributed by atoms with E-state index in [-0.39, 0.29) is 11.1 Å². The average Bonchev–Trinajstić information content (AvgIpc) is 2.49. The van der Waals surface area contributed by atoms with E-state index in [4.69, 9.17) is 5.11 Å². The second-order valence-corrected chi connectivity index (χ2v) is 5.96. The van der Waals surface area contributed by atoms with Crippen LogP contribution in [-0.4, -0.2) is 20.9 Å². The fourth-order valence-electron chi connectivity index (χ4n) is 2.85. The van der Waals surface area contributed by atoms with Gasteiger partial charge in [-0.25, -0.2) is 9.48 Å². The molecule has 0 saturated carbocycles. The molecule has 1 aliphatic carbocycles. The zero-order valence-corrected chi connectivity index (χ0v) is 12.5. The Morgan fingerprint density at radius 2 is 2.09 bits per heavy atom. The number of nitrogens with zero attached hydrogens (tertiary/aromatic N) is 2. The lowest BCUT2D eigenvalue weighted by Crippen LogP contribution is -2.28. The minimum Gasteiger partial charge on any atom is -0.478 e. The van der Waals surface area contributed by atoms with E-state index in [9.17, 15) is 9.59 Å². The molecule has 0 radical (unpaired) electrons. The Morgan fingerprint density at radius 1 is 1.36 bits per heavy atom. The Balaban J connectivity index is 1.86. The molecule has 0 saturated heterocycles. The topological polar surface area (TPSA) is 72.2 Å². The maximum absolute atomic E-state index is 12.2. The Kier molecular flexibility index (Phi) is 3.79. The van der Waals surface area contributed by atoms with Crippen LogP contribution >= 0.6 is 0 Å². The number of carboxylic acids is 1. The quantitative estimate of drug-likeness (QED) is 0.942. The van der Waals surface area contributed by atoms with Gasteiger partial charge in [-0.15, -0.1) is 0 Å². The molecule has 0 aliphatic heterocycles. The highest BCUT2D eigenvalue weighted by molar-refractivity contribution is 5.87. The zero-order valence-electron chi connectivity index (χ0n) is 12.5. The number of carbonyl (C=O) groups is 1. The zero-order chi connectivity index (χ0) is 15.7. The molecule has 0 bridgehead atoms. The van der Waals surface area contributed by atoms with Gasteiger partial charge in [0.15, 0.2) is 0 Å². The van der Waals surface area contributed by atoms with Crippen LogP contribution in [0.2, 0.25) is 0 Å². The average molecular weight is 298 g/mol. The van der Waals surface area contributed by atoms with Gasteiger partial charge in [0.2, 0.25) is 0 Å². The van der Waals surface area contributed by atoms with Crippen molar-refractivity contribution in [1.82, 2.24) is 9.78 Å². The molecule has 3 rings (SSSR count). The molecule has 0 amide bonds. The van der Waals surface area contributed by atoms with Crippen LogP contribution in [0.4, 0.5) is 0 Å². The third kappa shape index (κ3) is 2.93. The lowest BCUT2D eigenvalue weighted by molar-refractivity contribution is 0.0697. The highest BCUT2D eigenvalue weighted by Gasteiger charge is 2.18. The first kappa shape index (κ1) is 14.5. The molecule has 1 atom stereocenters. The van der Waals surface area contributed by atoms with E-state index in [1.165, 1.54) is 4.68 Å². The van der Waals surface area contributed by atoms with Gasteiger partial charge >= 0.3 is 5.97 Å². The first-order chi connectivity index (χ1) is 10.5. The smallest absolute Gasteiger partial charge is 0.335 e. The molecule has 0 fully saturated rings.